The molecule has 0 atom stereocenters. The molecule has 2 amide bonds. The number of nitrogens with zero attached hydrogens (tertiary/aromatic N) is 2. The first-order valence-corrected chi connectivity index (χ1v) is 12.3. The van der Waals surface area contributed by atoms with Gasteiger partial charge in [0.15, 0.2) is 5.11 Å². The van der Waals surface area contributed by atoms with Crippen molar-refractivity contribution < 1.29 is 23.6 Å². The maximum absolute atomic E-state index is 14.4. The van der Waals surface area contributed by atoms with E-state index in [1.54, 1.807) is 36.4 Å². The Bertz CT molecular complexity index is 1520. The number of non-ortho nitro benzene ring substituents is 1. The van der Waals surface area contributed by atoms with Gasteiger partial charge in [-0.15, -0.1) is 6.58 Å². The number of hydrogen-bond donors (Lipinski definition) is 1. The SMILES string of the molecule is C=CCc1cc(/C=C2\C(=O)NC(=S)N(c3ccccc3F)C2=O)cc(Br)c1OCc1cccc([N+](=O)[O-])c1. The molecule has 1 N–H and O–H groups in total. The number of ether oxygens (including phenoxy) is 1. The molecule has 3 aromatic carbocycles. The smallest absolute Gasteiger partial charge is 0.270 e. The van der Waals surface area contributed by atoms with E-state index < -0.39 is 22.6 Å². The van der Waals surface area contributed by atoms with Gasteiger partial charge in [0.1, 0.15) is 23.7 Å². The summed E-state index contributed by atoms with van der Waals surface area (Å²) in [6.45, 7) is 3.84. The molecule has 0 aliphatic carbocycles. The lowest BCUT2D eigenvalue weighted by Crippen LogP contribution is -2.54. The fourth-order valence-electron chi connectivity index (χ4n) is 3.82. The number of para-hydroxylation sites is 1. The molecule has 8 nitrogen and oxygen atoms in total. The summed E-state index contributed by atoms with van der Waals surface area (Å²) in [5, 5.41) is 13.3. The Hall–Kier alpha value is -4.22. The van der Waals surface area contributed by atoms with Crippen LogP contribution in [0.1, 0.15) is 16.7 Å². The molecule has 0 unspecified atom stereocenters. The number of allylic oxidation sites excluding steroid dienone is 1. The van der Waals surface area contributed by atoms with E-state index in [9.17, 15) is 24.1 Å². The van der Waals surface area contributed by atoms with Crippen molar-refractivity contribution in [3.63, 3.8) is 0 Å². The van der Waals surface area contributed by atoms with E-state index in [1.165, 1.54) is 36.4 Å². The molecule has 1 fully saturated rings. The highest BCUT2D eigenvalue weighted by Crippen LogP contribution is 2.34. The third-order valence-corrected chi connectivity index (χ3v) is 6.39. The summed E-state index contributed by atoms with van der Waals surface area (Å²) < 4.78 is 20.9. The molecule has 0 saturated carbocycles. The summed E-state index contributed by atoms with van der Waals surface area (Å²) in [4.78, 5) is 37.4. The number of nitro benzene ring substituents is 1. The van der Waals surface area contributed by atoms with Gasteiger partial charge in [-0.25, -0.2) is 9.29 Å². The number of carbonyl (C=O) groups excluding carboxylic acids is 2. The third kappa shape index (κ3) is 5.68. The molecule has 0 bridgehead atoms. The van der Waals surface area contributed by atoms with Gasteiger partial charge in [0.25, 0.3) is 17.5 Å². The van der Waals surface area contributed by atoms with E-state index in [1.807, 2.05) is 0 Å². The van der Waals surface area contributed by atoms with Gasteiger partial charge in [-0.1, -0.05) is 30.3 Å². The Labute approximate surface area is 230 Å². The number of amides is 2. The largest absolute Gasteiger partial charge is 0.487 e. The van der Waals surface area contributed by atoms with Crippen molar-refractivity contribution in [1.82, 2.24) is 5.32 Å². The molecular formula is C27H19BrFN3O5S. The number of nitrogens with one attached hydrogen (secondary N) is 1. The number of anilines is 1. The molecule has 11 heteroatoms. The van der Waals surface area contributed by atoms with Gasteiger partial charge < -0.3 is 4.74 Å². The average Bonchev–Trinajstić information content (AvgIpc) is 2.87. The highest BCUT2D eigenvalue weighted by atomic mass is 79.9. The first-order valence-electron chi connectivity index (χ1n) is 11.1. The normalized spacial score (nSPS) is 14.4. The molecule has 4 rings (SSSR count). The Kier molecular flexibility index (Phi) is 8.08. The molecule has 0 spiro atoms. The number of thiocarbonyl (C=S) groups is 1. The molecule has 0 radical (unpaired) electrons. The van der Waals surface area contributed by atoms with Crippen LogP contribution in [0.4, 0.5) is 15.8 Å². The topological polar surface area (TPSA) is 102 Å². The first kappa shape index (κ1) is 26.8. The number of halogens is 2. The summed E-state index contributed by atoms with van der Waals surface area (Å²) in [7, 11) is 0. The van der Waals surface area contributed by atoms with E-state index in [-0.39, 0.29) is 28.7 Å². The van der Waals surface area contributed by atoms with Crippen molar-refractivity contribution in [2.45, 2.75) is 13.0 Å². The van der Waals surface area contributed by atoms with Crippen molar-refractivity contribution >= 4 is 62.5 Å². The second kappa shape index (κ2) is 11.4. The monoisotopic (exact) mass is 595 g/mol. The van der Waals surface area contributed by atoms with Gasteiger partial charge in [0.05, 0.1) is 15.1 Å². The number of nitro groups is 1. The van der Waals surface area contributed by atoms with Crippen LogP contribution in [0.15, 0.2) is 83.4 Å². The van der Waals surface area contributed by atoms with E-state index in [0.29, 0.717) is 33.3 Å². The van der Waals surface area contributed by atoms with Crippen LogP contribution >= 0.6 is 28.1 Å². The molecule has 1 saturated heterocycles. The highest BCUT2D eigenvalue weighted by Gasteiger charge is 2.35. The molecule has 1 aliphatic rings. The fraction of sp³-hybridized carbons (Fsp3) is 0.0741. The predicted molar refractivity (Wildman–Crippen MR) is 148 cm³/mol. The number of carbonyl (C=O) groups is 2. The maximum Gasteiger partial charge on any atom is 0.270 e. The van der Waals surface area contributed by atoms with Gasteiger partial charge in [-0.3, -0.25) is 25.0 Å². The van der Waals surface area contributed by atoms with Gasteiger partial charge in [0.2, 0.25) is 0 Å². The Morgan fingerprint density at radius 2 is 1.92 bits per heavy atom. The minimum atomic E-state index is -0.767. The minimum Gasteiger partial charge on any atom is -0.487 e. The van der Waals surface area contributed by atoms with E-state index in [2.05, 4.69) is 27.8 Å². The zero-order chi connectivity index (χ0) is 27.4. The predicted octanol–water partition coefficient (Wildman–Crippen LogP) is 5.64. The van der Waals surface area contributed by atoms with Crippen molar-refractivity contribution in [2.24, 2.45) is 0 Å². The van der Waals surface area contributed by atoms with Crippen molar-refractivity contribution in [1.29, 1.82) is 0 Å². The molecule has 1 heterocycles. The lowest BCUT2D eigenvalue weighted by atomic mass is 10.0. The first-order chi connectivity index (χ1) is 18.2. The van der Waals surface area contributed by atoms with Crippen LogP contribution in [0.25, 0.3) is 6.08 Å². The zero-order valence-corrected chi connectivity index (χ0v) is 22.1. The summed E-state index contributed by atoms with van der Waals surface area (Å²) in [6.07, 6.45) is 3.44. The molecule has 192 valence electrons. The standard InChI is InChI=1S/C27H19BrFN3O5S/c1-2-6-18-11-17(14-21(28)24(18)37-15-16-7-5-8-19(12-16)32(35)36)13-20-25(33)30-27(38)31(26(20)34)23-10-4-3-9-22(23)29/h2-5,7-14H,1,6,15H2,(H,30,33,38)/b20-13+. The van der Waals surface area contributed by atoms with Crippen LogP contribution in [0.3, 0.4) is 0 Å². The quantitative estimate of drug-likeness (QED) is 0.0903. The second-order valence-corrected chi connectivity index (χ2v) is 9.35. The fourth-order valence-corrected chi connectivity index (χ4v) is 4.72. The minimum absolute atomic E-state index is 0.0437. The summed E-state index contributed by atoms with van der Waals surface area (Å²) >= 11 is 8.61. The Balaban J connectivity index is 1.66. The van der Waals surface area contributed by atoms with Gasteiger partial charge >= 0.3 is 0 Å². The molecule has 0 aromatic heterocycles. The maximum atomic E-state index is 14.4. The van der Waals surface area contributed by atoms with Crippen molar-refractivity contribution in [2.75, 3.05) is 4.90 Å². The van der Waals surface area contributed by atoms with Crippen LogP contribution in [-0.2, 0) is 22.6 Å². The summed E-state index contributed by atoms with van der Waals surface area (Å²) in [6, 6.07) is 15.1. The van der Waals surface area contributed by atoms with Gasteiger partial charge in [-0.2, -0.15) is 0 Å². The molecule has 3 aromatic rings. The zero-order valence-electron chi connectivity index (χ0n) is 19.6. The van der Waals surface area contributed by atoms with Crippen LogP contribution in [0, 0.1) is 15.9 Å². The van der Waals surface area contributed by atoms with Gasteiger partial charge in [-0.05, 0) is 81.6 Å². The lowest BCUT2D eigenvalue weighted by Gasteiger charge is -2.29. The molecular weight excluding hydrogens is 577 g/mol. The average molecular weight is 596 g/mol. The van der Waals surface area contributed by atoms with Crippen LogP contribution < -0.4 is 15.0 Å². The van der Waals surface area contributed by atoms with Gasteiger partial charge in [0, 0.05) is 12.1 Å². The summed E-state index contributed by atoms with van der Waals surface area (Å²) in [5.41, 5.74) is 1.44. The lowest BCUT2D eigenvalue weighted by molar-refractivity contribution is -0.384. The number of hydrogen-bond acceptors (Lipinski definition) is 6. The Morgan fingerprint density at radius 1 is 1.16 bits per heavy atom. The van der Waals surface area contributed by atoms with Crippen LogP contribution in [-0.4, -0.2) is 21.9 Å². The highest BCUT2D eigenvalue weighted by molar-refractivity contribution is 9.10. The van der Waals surface area contributed by atoms with E-state index in [4.69, 9.17) is 17.0 Å². The Morgan fingerprint density at radius 3 is 2.63 bits per heavy atom. The van der Waals surface area contributed by atoms with Crippen molar-refractivity contribution in [3.05, 3.63) is 116 Å². The third-order valence-electron chi connectivity index (χ3n) is 5.52. The van der Waals surface area contributed by atoms with E-state index in [0.717, 1.165) is 4.90 Å². The second-order valence-electron chi connectivity index (χ2n) is 8.11. The number of benzene rings is 3. The van der Waals surface area contributed by atoms with Crippen LogP contribution in [0.5, 0.6) is 5.75 Å². The number of rotatable bonds is 8. The van der Waals surface area contributed by atoms with Crippen molar-refractivity contribution in [3.8, 4) is 5.75 Å². The van der Waals surface area contributed by atoms with E-state index >= 15 is 0 Å². The summed E-state index contributed by atoms with van der Waals surface area (Å²) in [5.74, 6) is -1.66. The molecule has 38 heavy (non-hydrogen) atoms. The van der Waals surface area contributed by atoms with Crippen LogP contribution in [0.2, 0.25) is 0 Å². The molecule has 1 aliphatic heterocycles.